The molecule has 9 heteroatoms. The summed E-state index contributed by atoms with van der Waals surface area (Å²) in [6, 6.07) is 10.4. The molecule has 0 aliphatic heterocycles. The van der Waals surface area contributed by atoms with Crippen LogP contribution in [-0.4, -0.2) is 22.6 Å². The molecule has 1 N–H and O–H groups in total. The molecule has 2 rings (SSSR count). The van der Waals surface area contributed by atoms with Crippen molar-refractivity contribution >= 4 is 25.5 Å². The Labute approximate surface area is 145 Å². The standard InChI is InChI=1S/C16H17F2NO4S2/c1-11(2)12-3-7-15(8-4-12)25(22,23)19-13-5-9-14(10-6-13)24(20,21)16(17)18/h3-11,16,19H,1-2H3. The van der Waals surface area contributed by atoms with Crippen molar-refractivity contribution in [2.24, 2.45) is 0 Å². The lowest BCUT2D eigenvalue weighted by Crippen LogP contribution is -2.14. The first-order valence-electron chi connectivity index (χ1n) is 7.29. The van der Waals surface area contributed by atoms with Crippen LogP contribution in [0.25, 0.3) is 0 Å². The zero-order chi connectivity index (χ0) is 18.8. The summed E-state index contributed by atoms with van der Waals surface area (Å²) in [6.07, 6.45) is 0. The van der Waals surface area contributed by atoms with Crippen LogP contribution in [0.1, 0.15) is 25.3 Å². The molecular weight excluding hydrogens is 372 g/mol. The fourth-order valence-corrected chi connectivity index (χ4v) is 3.84. The lowest BCUT2D eigenvalue weighted by atomic mass is 10.0. The van der Waals surface area contributed by atoms with E-state index in [1.54, 1.807) is 12.1 Å². The fraction of sp³-hybridized carbons (Fsp3) is 0.250. The molecule has 0 spiro atoms. The minimum Gasteiger partial charge on any atom is -0.280 e. The summed E-state index contributed by atoms with van der Waals surface area (Å²) in [5, 5.41) is 0. The number of sulfone groups is 1. The highest BCUT2D eigenvalue weighted by Gasteiger charge is 2.26. The molecule has 0 fully saturated rings. The molecule has 0 unspecified atom stereocenters. The minimum atomic E-state index is -4.71. The Bertz CT molecular complexity index is 937. The predicted octanol–water partition coefficient (Wildman–Crippen LogP) is 3.61. The van der Waals surface area contributed by atoms with Gasteiger partial charge in [0.05, 0.1) is 9.79 Å². The second kappa shape index (κ2) is 7.09. The lowest BCUT2D eigenvalue weighted by molar-refractivity contribution is 0.234. The van der Waals surface area contributed by atoms with E-state index in [2.05, 4.69) is 4.72 Å². The Kier molecular flexibility index (Phi) is 5.48. The molecule has 0 heterocycles. The van der Waals surface area contributed by atoms with Crippen molar-refractivity contribution in [2.45, 2.75) is 35.3 Å². The van der Waals surface area contributed by atoms with Gasteiger partial charge in [-0.3, -0.25) is 4.72 Å². The van der Waals surface area contributed by atoms with E-state index in [1.165, 1.54) is 12.1 Å². The number of sulfonamides is 1. The smallest absolute Gasteiger partial charge is 0.280 e. The molecule has 0 saturated carbocycles. The lowest BCUT2D eigenvalue weighted by Gasteiger charge is -2.10. The first-order valence-corrected chi connectivity index (χ1v) is 10.3. The number of halogens is 2. The van der Waals surface area contributed by atoms with Crippen molar-refractivity contribution in [3.8, 4) is 0 Å². The molecule has 0 atom stereocenters. The van der Waals surface area contributed by atoms with Gasteiger partial charge in [0.2, 0.25) is 9.84 Å². The molecule has 2 aromatic rings. The highest BCUT2D eigenvalue weighted by atomic mass is 32.2. The first kappa shape index (κ1) is 19.3. The van der Waals surface area contributed by atoms with E-state index in [0.717, 1.165) is 29.8 Å². The van der Waals surface area contributed by atoms with Crippen LogP contribution in [0.4, 0.5) is 14.5 Å². The van der Waals surface area contributed by atoms with E-state index < -0.39 is 30.5 Å². The number of rotatable bonds is 6. The predicted molar refractivity (Wildman–Crippen MR) is 91.0 cm³/mol. The van der Waals surface area contributed by atoms with E-state index in [0.29, 0.717) is 0 Å². The molecule has 0 bridgehead atoms. The molecule has 0 aliphatic carbocycles. The molecule has 2 aromatic carbocycles. The average molecular weight is 389 g/mol. The maximum atomic E-state index is 12.5. The number of anilines is 1. The van der Waals surface area contributed by atoms with Crippen LogP contribution < -0.4 is 4.72 Å². The third-order valence-electron chi connectivity index (χ3n) is 3.53. The van der Waals surface area contributed by atoms with Gasteiger partial charge in [0.25, 0.3) is 10.0 Å². The maximum absolute atomic E-state index is 12.5. The van der Waals surface area contributed by atoms with Crippen LogP contribution >= 0.6 is 0 Å². The second-order valence-electron chi connectivity index (χ2n) is 5.66. The van der Waals surface area contributed by atoms with Gasteiger partial charge in [-0.25, -0.2) is 16.8 Å². The highest BCUT2D eigenvalue weighted by molar-refractivity contribution is 7.92. The highest BCUT2D eigenvalue weighted by Crippen LogP contribution is 2.23. The Morgan fingerprint density at radius 3 is 1.72 bits per heavy atom. The Balaban J connectivity index is 2.23. The van der Waals surface area contributed by atoms with E-state index in [-0.39, 0.29) is 16.5 Å². The second-order valence-corrected chi connectivity index (χ2v) is 9.26. The quantitative estimate of drug-likeness (QED) is 0.818. The molecule has 0 aromatic heterocycles. The monoisotopic (exact) mass is 389 g/mol. The molecular formula is C16H17F2NO4S2. The van der Waals surface area contributed by atoms with E-state index in [9.17, 15) is 25.6 Å². The van der Waals surface area contributed by atoms with E-state index >= 15 is 0 Å². The zero-order valence-electron chi connectivity index (χ0n) is 13.5. The zero-order valence-corrected chi connectivity index (χ0v) is 15.1. The summed E-state index contributed by atoms with van der Waals surface area (Å²) < 4.78 is 74.6. The van der Waals surface area contributed by atoms with Crippen LogP contribution in [0.5, 0.6) is 0 Å². The van der Waals surface area contributed by atoms with Crippen molar-refractivity contribution in [3.05, 3.63) is 54.1 Å². The minimum absolute atomic E-state index is 0.0428. The Morgan fingerprint density at radius 1 is 0.800 bits per heavy atom. The largest absolute Gasteiger partial charge is 0.341 e. The third kappa shape index (κ3) is 4.35. The van der Waals surface area contributed by atoms with E-state index in [1.807, 2.05) is 13.8 Å². The van der Waals surface area contributed by atoms with Crippen molar-refractivity contribution in [1.29, 1.82) is 0 Å². The van der Waals surface area contributed by atoms with Crippen molar-refractivity contribution in [1.82, 2.24) is 0 Å². The molecule has 25 heavy (non-hydrogen) atoms. The number of alkyl halides is 2. The topological polar surface area (TPSA) is 80.3 Å². The summed E-state index contributed by atoms with van der Waals surface area (Å²) in [5.74, 6) is -3.27. The number of hydrogen-bond acceptors (Lipinski definition) is 4. The van der Waals surface area contributed by atoms with Crippen molar-refractivity contribution in [2.75, 3.05) is 4.72 Å². The maximum Gasteiger partial charge on any atom is 0.341 e. The Hall–Kier alpha value is -2.00. The summed E-state index contributed by atoms with van der Waals surface area (Å²) in [5.41, 5.74) is 1.06. The number of nitrogens with one attached hydrogen (secondary N) is 1. The first-order chi connectivity index (χ1) is 11.5. The van der Waals surface area contributed by atoms with Crippen LogP contribution in [0.15, 0.2) is 58.3 Å². The van der Waals surface area contributed by atoms with Gasteiger partial charge in [-0.2, -0.15) is 8.78 Å². The fourth-order valence-electron chi connectivity index (χ4n) is 2.06. The number of hydrogen-bond donors (Lipinski definition) is 1. The van der Waals surface area contributed by atoms with Gasteiger partial charge >= 0.3 is 5.76 Å². The van der Waals surface area contributed by atoms with Crippen molar-refractivity contribution < 1.29 is 25.6 Å². The van der Waals surface area contributed by atoms with Crippen LogP contribution in [0.2, 0.25) is 0 Å². The van der Waals surface area contributed by atoms with Crippen LogP contribution in [-0.2, 0) is 19.9 Å². The van der Waals surface area contributed by atoms with Gasteiger partial charge in [0, 0.05) is 5.69 Å². The Morgan fingerprint density at radius 2 is 1.28 bits per heavy atom. The molecule has 0 amide bonds. The van der Waals surface area contributed by atoms with Gasteiger partial charge in [0.1, 0.15) is 0 Å². The summed E-state index contributed by atoms with van der Waals surface area (Å²) >= 11 is 0. The summed E-state index contributed by atoms with van der Waals surface area (Å²) in [7, 11) is -8.58. The van der Waals surface area contributed by atoms with Gasteiger partial charge in [-0.05, 0) is 47.9 Å². The molecule has 0 saturated heterocycles. The average Bonchev–Trinajstić information content (AvgIpc) is 2.55. The molecule has 136 valence electrons. The van der Waals surface area contributed by atoms with Crippen molar-refractivity contribution in [3.63, 3.8) is 0 Å². The number of benzene rings is 2. The summed E-state index contributed by atoms with van der Waals surface area (Å²) in [6.45, 7) is 3.97. The van der Waals surface area contributed by atoms with Gasteiger partial charge in [-0.1, -0.05) is 26.0 Å². The van der Waals surface area contributed by atoms with Crippen LogP contribution in [0.3, 0.4) is 0 Å². The van der Waals surface area contributed by atoms with Crippen LogP contribution in [0, 0.1) is 0 Å². The van der Waals surface area contributed by atoms with Gasteiger partial charge < -0.3 is 0 Å². The van der Waals surface area contributed by atoms with Gasteiger partial charge in [0.15, 0.2) is 0 Å². The normalized spacial score (nSPS) is 12.6. The third-order valence-corrected chi connectivity index (χ3v) is 6.32. The van der Waals surface area contributed by atoms with E-state index in [4.69, 9.17) is 0 Å². The molecule has 0 aliphatic rings. The summed E-state index contributed by atoms with van der Waals surface area (Å²) in [4.78, 5) is -0.534. The van der Waals surface area contributed by atoms with Gasteiger partial charge in [-0.15, -0.1) is 0 Å². The SMILES string of the molecule is CC(C)c1ccc(S(=O)(=O)Nc2ccc(S(=O)(=O)C(F)F)cc2)cc1. The molecule has 5 nitrogen and oxygen atoms in total. The molecule has 0 radical (unpaired) electrons.